The fraction of sp³-hybridized carbons (Fsp3) is 0.647. The summed E-state index contributed by atoms with van der Waals surface area (Å²) >= 11 is 0. The lowest BCUT2D eigenvalue weighted by Crippen LogP contribution is -2.49. The van der Waals surface area contributed by atoms with E-state index in [1.54, 1.807) is 0 Å². The summed E-state index contributed by atoms with van der Waals surface area (Å²) in [5.74, 6) is -0.919. The van der Waals surface area contributed by atoms with Crippen LogP contribution in [0, 0.1) is 11.6 Å². The predicted octanol–water partition coefficient (Wildman–Crippen LogP) is 2.29. The first-order valence-electron chi connectivity index (χ1n) is 7.92. The normalized spacial score (nSPS) is 18.8. The van der Waals surface area contributed by atoms with Crippen LogP contribution in [0.25, 0.3) is 0 Å². The van der Waals surface area contributed by atoms with Gasteiger partial charge in [-0.25, -0.2) is 8.78 Å². The lowest BCUT2D eigenvalue weighted by molar-refractivity contribution is -0.0373. The summed E-state index contributed by atoms with van der Waals surface area (Å²) in [5, 5.41) is 10.5. The molecule has 124 valence electrons. The first-order chi connectivity index (χ1) is 10.4. The Morgan fingerprint density at radius 2 is 1.77 bits per heavy atom. The van der Waals surface area contributed by atoms with Gasteiger partial charge in [-0.2, -0.15) is 0 Å². The van der Waals surface area contributed by atoms with Crippen LogP contribution in [0.4, 0.5) is 8.78 Å². The number of hydrogen-bond donors (Lipinski definition) is 1. The van der Waals surface area contributed by atoms with E-state index in [9.17, 15) is 13.9 Å². The van der Waals surface area contributed by atoms with E-state index in [-0.39, 0.29) is 5.56 Å². The Morgan fingerprint density at radius 1 is 1.18 bits per heavy atom. The molecule has 1 aliphatic heterocycles. The summed E-state index contributed by atoms with van der Waals surface area (Å²) in [6, 6.07) is 4.01. The van der Waals surface area contributed by atoms with Crippen molar-refractivity contribution in [2.75, 3.05) is 40.3 Å². The van der Waals surface area contributed by atoms with Crippen LogP contribution in [0.3, 0.4) is 0 Å². The van der Waals surface area contributed by atoms with Crippen LogP contribution < -0.4 is 0 Å². The van der Waals surface area contributed by atoms with E-state index in [1.807, 2.05) is 19.0 Å². The number of likely N-dealkylation sites (N-methyl/N-ethyl adjacent to an activating group) is 1. The second-order valence-corrected chi connectivity index (χ2v) is 6.61. The van der Waals surface area contributed by atoms with Crippen LogP contribution in [0.2, 0.25) is 0 Å². The molecule has 1 aromatic carbocycles. The zero-order chi connectivity index (χ0) is 16.2. The highest BCUT2D eigenvalue weighted by atomic mass is 19.1. The molecule has 1 saturated heterocycles. The van der Waals surface area contributed by atoms with E-state index >= 15 is 0 Å². The molecule has 1 aromatic rings. The first-order valence-corrected chi connectivity index (χ1v) is 7.92. The van der Waals surface area contributed by atoms with E-state index in [4.69, 9.17) is 0 Å². The maximum atomic E-state index is 13.5. The van der Waals surface area contributed by atoms with Gasteiger partial charge >= 0.3 is 0 Å². The Labute approximate surface area is 131 Å². The van der Waals surface area contributed by atoms with Crippen LogP contribution in [-0.4, -0.2) is 60.8 Å². The van der Waals surface area contributed by atoms with Crippen LogP contribution >= 0.6 is 0 Å². The van der Waals surface area contributed by atoms with E-state index < -0.39 is 17.2 Å². The lowest BCUT2D eigenvalue weighted by Gasteiger charge is -2.39. The number of aliphatic hydroxyl groups is 1. The van der Waals surface area contributed by atoms with Crippen molar-refractivity contribution in [3.8, 4) is 0 Å². The standard InChI is InChI=1S/C17H26F2N2O/c1-20(2)13-17(22)8-11-21(12-9-17)10-4-5-14-15(18)6-3-7-16(14)19/h3,6-7,22H,4-5,8-13H2,1-2H3. The number of hydrogen-bond acceptors (Lipinski definition) is 3. The van der Waals surface area contributed by atoms with Crippen LogP contribution in [0.5, 0.6) is 0 Å². The van der Waals surface area contributed by atoms with Gasteiger partial charge in [0.25, 0.3) is 0 Å². The number of likely N-dealkylation sites (tertiary alicyclic amines) is 1. The summed E-state index contributed by atoms with van der Waals surface area (Å²) in [5.41, 5.74) is -0.416. The molecule has 0 radical (unpaired) electrons. The number of piperidine rings is 1. The van der Waals surface area contributed by atoms with Gasteiger partial charge < -0.3 is 14.9 Å². The maximum Gasteiger partial charge on any atom is 0.129 e. The fourth-order valence-corrected chi connectivity index (χ4v) is 3.19. The second-order valence-electron chi connectivity index (χ2n) is 6.61. The number of nitrogens with zero attached hydrogens (tertiary/aromatic N) is 2. The highest BCUT2D eigenvalue weighted by Crippen LogP contribution is 2.23. The van der Waals surface area contributed by atoms with Crippen molar-refractivity contribution in [3.05, 3.63) is 35.4 Å². The summed E-state index contributed by atoms with van der Waals surface area (Å²) in [7, 11) is 3.93. The van der Waals surface area contributed by atoms with Crippen LogP contribution in [0.1, 0.15) is 24.8 Å². The number of rotatable bonds is 6. The molecule has 0 saturated carbocycles. The van der Waals surface area contributed by atoms with E-state index in [0.29, 0.717) is 13.0 Å². The molecule has 1 N–H and O–H groups in total. The minimum Gasteiger partial charge on any atom is -0.388 e. The van der Waals surface area contributed by atoms with E-state index in [0.717, 1.165) is 38.9 Å². The van der Waals surface area contributed by atoms with Crippen molar-refractivity contribution < 1.29 is 13.9 Å². The second kappa shape index (κ2) is 7.49. The molecule has 0 unspecified atom stereocenters. The first kappa shape index (κ1) is 17.3. The molecule has 0 atom stereocenters. The smallest absolute Gasteiger partial charge is 0.129 e. The summed E-state index contributed by atoms with van der Waals surface area (Å²) in [6.07, 6.45) is 2.64. The highest BCUT2D eigenvalue weighted by molar-refractivity contribution is 5.19. The zero-order valence-corrected chi connectivity index (χ0v) is 13.5. The number of halogens is 2. The van der Waals surface area contributed by atoms with Gasteiger partial charge in [0, 0.05) is 25.2 Å². The Balaban J connectivity index is 1.75. The molecule has 5 heteroatoms. The van der Waals surface area contributed by atoms with E-state index in [2.05, 4.69) is 4.90 Å². The van der Waals surface area contributed by atoms with Gasteiger partial charge in [0.05, 0.1) is 5.60 Å². The molecule has 3 nitrogen and oxygen atoms in total. The van der Waals surface area contributed by atoms with E-state index in [1.165, 1.54) is 18.2 Å². The lowest BCUT2D eigenvalue weighted by atomic mass is 9.91. The SMILES string of the molecule is CN(C)CC1(O)CCN(CCCc2c(F)cccc2F)CC1. The monoisotopic (exact) mass is 312 g/mol. The molecule has 1 heterocycles. The largest absolute Gasteiger partial charge is 0.388 e. The molecule has 2 rings (SSSR count). The van der Waals surface area contributed by atoms with Crippen LogP contribution in [-0.2, 0) is 6.42 Å². The minimum absolute atomic E-state index is 0.184. The molecule has 22 heavy (non-hydrogen) atoms. The van der Waals surface area contributed by atoms with Gasteiger partial charge in [0.2, 0.25) is 0 Å². The molecular weight excluding hydrogens is 286 g/mol. The maximum absolute atomic E-state index is 13.5. The Kier molecular flexibility index (Phi) is 5.89. The molecule has 0 spiro atoms. The highest BCUT2D eigenvalue weighted by Gasteiger charge is 2.32. The molecule has 1 fully saturated rings. The quantitative estimate of drug-likeness (QED) is 0.873. The minimum atomic E-state index is -0.600. The van der Waals surface area contributed by atoms with Crippen molar-refractivity contribution in [1.82, 2.24) is 9.80 Å². The van der Waals surface area contributed by atoms with Gasteiger partial charge in [0.15, 0.2) is 0 Å². The van der Waals surface area contributed by atoms with Crippen molar-refractivity contribution in [2.45, 2.75) is 31.3 Å². The van der Waals surface area contributed by atoms with Gasteiger partial charge in [0.1, 0.15) is 11.6 Å². The van der Waals surface area contributed by atoms with Crippen molar-refractivity contribution in [2.24, 2.45) is 0 Å². The average molecular weight is 312 g/mol. The third-order valence-corrected chi connectivity index (χ3v) is 4.36. The van der Waals surface area contributed by atoms with Crippen molar-refractivity contribution in [1.29, 1.82) is 0 Å². The Hall–Kier alpha value is -1.04. The molecule has 0 bridgehead atoms. The third-order valence-electron chi connectivity index (χ3n) is 4.36. The Bertz CT molecular complexity index is 465. The van der Waals surface area contributed by atoms with Crippen LogP contribution in [0.15, 0.2) is 18.2 Å². The fourth-order valence-electron chi connectivity index (χ4n) is 3.19. The molecular formula is C17H26F2N2O. The molecule has 1 aliphatic rings. The van der Waals surface area contributed by atoms with Crippen molar-refractivity contribution in [3.63, 3.8) is 0 Å². The third kappa shape index (κ3) is 4.73. The predicted molar refractivity (Wildman–Crippen MR) is 83.9 cm³/mol. The van der Waals surface area contributed by atoms with Gasteiger partial charge in [-0.05, 0) is 58.5 Å². The molecule has 0 aliphatic carbocycles. The number of benzene rings is 1. The average Bonchev–Trinajstić information content (AvgIpc) is 2.43. The Morgan fingerprint density at radius 3 is 2.32 bits per heavy atom. The van der Waals surface area contributed by atoms with Gasteiger partial charge in [-0.15, -0.1) is 0 Å². The topological polar surface area (TPSA) is 26.7 Å². The molecule has 0 amide bonds. The molecule has 0 aromatic heterocycles. The summed E-state index contributed by atoms with van der Waals surface area (Å²) in [6.45, 7) is 3.17. The van der Waals surface area contributed by atoms with Gasteiger partial charge in [-0.1, -0.05) is 6.07 Å². The summed E-state index contributed by atoms with van der Waals surface area (Å²) in [4.78, 5) is 4.28. The van der Waals surface area contributed by atoms with Gasteiger partial charge in [-0.3, -0.25) is 0 Å². The summed E-state index contributed by atoms with van der Waals surface area (Å²) < 4.78 is 27.1. The van der Waals surface area contributed by atoms with Crippen molar-refractivity contribution >= 4 is 0 Å². The zero-order valence-electron chi connectivity index (χ0n) is 13.5.